The number of nitrogens with one attached hydrogen (secondary N) is 2. The van der Waals surface area contributed by atoms with Crippen LogP contribution in [-0.4, -0.2) is 68.8 Å². The molecule has 2 aliphatic rings. The molecule has 33 heavy (non-hydrogen) atoms. The van der Waals surface area contributed by atoms with Crippen molar-refractivity contribution >= 4 is 38.2 Å². The summed E-state index contributed by atoms with van der Waals surface area (Å²) < 4.78 is 32.8. The quantitative estimate of drug-likeness (QED) is 0.545. The number of rotatable bonds is 8. The molecule has 3 heterocycles. The highest BCUT2D eigenvalue weighted by Crippen LogP contribution is 2.36. The molecule has 1 saturated heterocycles. The van der Waals surface area contributed by atoms with Gasteiger partial charge in [0.1, 0.15) is 0 Å². The number of thiophene rings is 1. The Morgan fingerprint density at radius 2 is 1.88 bits per heavy atom. The molecule has 1 aromatic carbocycles. The maximum absolute atomic E-state index is 13.1. The summed E-state index contributed by atoms with van der Waals surface area (Å²) in [6, 6.07) is 7.79. The van der Waals surface area contributed by atoms with Crippen molar-refractivity contribution in [2.24, 2.45) is 0 Å². The molecular weight excluding hydrogens is 464 g/mol. The van der Waals surface area contributed by atoms with Crippen molar-refractivity contribution in [1.29, 1.82) is 0 Å². The van der Waals surface area contributed by atoms with Crippen molar-refractivity contribution < 1.29 is 22.7 Å². The average molecular weight is 491 g/mol. The van der Waals surface area contributed by atoms with Crippen LogP contribution in [0.25, 0.3) is 0 Å². The topological polar surface area (TPSA) is 108 Å². The lowest BCUT2D eigenvalue weighted by Gasteiger charge is -2.26. The van der Waals surface area contributed by atoms with Crippen LogP contribution in [-0.2, 0) is 32.6 Å². The average Bonchev–Trinajstić information content (AvgIpc) is 3.39. The summed E-state index contributed by atoms with van der Waals surface area (Å²) in [7, 11) is -3.70. The Morgan fingerprint density at radius 1 is 1.15 bits per heavy atom. The fraction of sp³-hybridized carbons (Fsp3) is 0.364. The number of anilines is 1. The van der Waals surface area contributed by atoms with E-state index in [1.807, 2.05) is 0 Å². The zero-order valence-corrected chi connectivity index (χ0v) is 19.7. The highest BCUT2D eigenvalue weighted by Gasteiger charge is 2.32. The molecule has 0 spiro atoms. The standard InChI is InChI=1S/C22H26N4O5S2/c1-2-20(27)24-21-13-17-14-26(15-19(17)32-21)33(29,30)18-5-3-16(4-6-18)22(28)23-7-8-25-9-11-31-12-10-25/h2-6,13H,1,7-12,14-15H2,(H,23,28)(H,24,27). The van der Waals surface area contributed by atoms with Crippen molar-refractivity contribution in [2.45, 2.75) is 18.0 Å². The van der Waals surface area contributed by atoms with E-state index >= 15 is 0 Å². The zero-order chi connectivity index (χ0) is 23.4. The largest absolute Gasteiger partial charge is 0.379 e. The number of amides is 2. The van der Waals surface area contributed by atoms with Crippen LogP contribution in [0, 0.1) is 0 Å². The summed E-state index contributed by atoms with van der Waals surface area (Å²) in [6.07, 6.45) is 1.19. The highest BCUT2D eigenvalue weighted by atomic mass is 32.2. The van der Waals surface area contributed by atoms with Gasteiger partial charge in [0.05, 0.1) is 23.1 Å². The third kappa shape index (κ3) is 5.50. The predicted octanol–water partition coefficient (Wildman–Crippen LogP) is 1.64. The van der Waals surface area contributed by atoms with Crippen LogP contribution in [0.2, 0.25) is 0 Å². The van der Waals surface area contributed by atoms with Crippen LogP contribution < -0.4 is 10.6 Å². The second-order valence-corrected chi connectivity index (χ2v) is 10.8. The maximum atomic E-state index is 13.1. The van der Waals surface area contributed by atoms with Gasteiger partial charge in [-0.15, -0.1) is 11.3 Å². The number of carbonyl (C=O) groups is 2. The summed E-state index contributed by atoms with van der Waals surface area (Å²) in [5.41, 5.74) is 1.29. The molecule has 0 bridgehead atoms. The molecule has 1 aromatic heterocycles. The second kappa shape index (κ2) is 10.1. The monoisotopic (exact) mass is 490 g/mol. The van der Waals surface area contributed by atoms with Gasteiger partial charge in [0.2, 0.25) is 15.9 Å². The molecule has 4 rings (SSSR count). The lowest BCUT2D eigenvalue weighted by atomic mass is 10.2. The summed E-state index contributed by atoms with van der Waals surface area (Å²) in [4.78, 5) is 27.1. The van der Waals surface area contributed by atoms with Gasteiger partial charge >= 0.3 is 0 Å². The van der Waals surface area contributed by atoms with Crippen LogP contribution in [0.1, 0.15) is 20.8 Å². The van der Waals surface area contributed by atoms with Gasteiger partial charge < -0.3 is 15.4 Å². The fourth-order valence-electron chi connectivity index (χ4n) is 3.73. The van der Waals surface area contributed by atoms with E-state index in [0.29, 0.717) is 30.3 Å². The highest BCUT2D eigenvalue weighted by molar-refractivity contribution is 7.89. The Hall–Kier alpha value is -2.57. The van der Waals surface area contributed by atoms with E-state index in [0.717, 1.165) is 30.1 Å². The van der Waals surface area contributed by atoms with Crippen molar-refractivity contribution in [3.8, 4) is 0 Å². The van der Waals surface area contributed by atoms with Crippen molar-refractivity contribution in [2.75, 3.05) is 44.7 Å². The van der Waals surface area contributed by atoms with Gasteiger partial charge in [0, 0.05) is 49.7 Å². The number of carbonyl (C=O) groups excluding carboxylic acids is 2. The number of benzene rings is 1. The second-order valence-electron chi connectivity index (χ2n) is 7.76. The molecule has 9 nitrogen and oxygen atoms in total. The van der Waals surface area contributed by atoms with Crippen LogP contribution in [0.5, 0.6) is 0 Å². The zero-order valence-electron chi connectivity index (χ0n) is 18.1. The van der Waals surface area contributed by atoms with Crippen molar-refractivity contribution in [3.63, 3.8) is 0 Å². The van der Waals surface area contributed by atoms with E-state index in [-0.39, 0.29) is 29.8 Å². The summed E-state index contributed by atoms with van der Waals surface area (Å²) >= 11 is 1.36. The van der Waals surface area contributed by atoms with E-state index in [2.05, 4.69) is 22.1 Å². The lowest BCUT2D eigenvalue weighted by molar-refractivity contribution is -0.111. The first-order valence-corrected chi connectivity index (χ1v) is 12.9. The Balaban J connectivity index is 1.33. The van der Waals surface area contributed by atoms with E-state index in [9.17, 15) is 18.0 Å². The molecule has 11 heteroatoms. The van der Waals surface area contributed by atoms with Crippen molar-refractivity contribution in [3.05, 3.63) is 59.0 Å². The Kier molecular flexibility index (Phi) is 7.25. The minimum absolute atomic E-state index is 0.141. The van der Waals surface area contributed by atoms with Gasteiger partial charge in [-0.2, -0.15) is 4.31 Å². The van der Waals surface area contributed by atoms with Crippen LogP contribution in [0.4, 0.5) is 5.00 Å². The van der Waals surface area contributed by atoms with Gasteiger partial charge in [-0.1, -0.05) is 6.58 Å². The number of nitrogens with zero attached hydrogens (tertiary/aromatic N) is 2. The third-order valence-electron chi connectivity index (χ3n) is 5.57. The van der Waals surface area contributed by atoms with Gasteiger partial charge in [-0.05, 0) is 42.0 Å². The maximum Gasteiger partial charge on any atom is 0.251 e. The first kappa shape index (κ1) is 23.6. The first-order chi connectivity index (χ1) is 15.9. The third-order valence-corrected chi connectivity index (χ3v) is 8.45. The van der Waals surface area contributed by atoms with Gasteiger partial charge in [0.25, 0.3) is 5.91 Å². The number of morpholine rings is 1. The minimum Gasteiger partial charge on any atom is -0.379 e. The molecule has 0 radical (unpaired) electrons. The number of hydrogen-bond donors (Lipinski definition) is 2. The molecule has 2 aliphatic heterocycles. The van der Waals surface area contributed by atoms with Gasteiger partial charge in [-0.3, -0.25) is 14.5 Å². The van der Waals surface area contributed by atoms with Crippen LogP contribution in [0.15, 0.2) is 47.9 Å². The number of ether oxygens (including phenoxy) is 1. The minimum atomic E-state index is -3.70. The van der Waals surface area contributed by atoms with E-state index in [4.69, 9.17) is 4.74 Å². The van der Waals surface area contributed by atoms with E-state index < -0.39 is 10.0 Å². The predicted molar refractivity (Wildman–Crippen MR) is 126 cm³/mol. The molecule has 0 saturated carbocycles. The van der Waals surface area contributed by atoms with E-state index in [1.165, 1.54) is 46.0 Å². The van der Waals surface area contributed by atoms with Crippen LogP contribution in [0.3, 0.4) is 0 Å². The molecule has 0 unspecified atom stereocenters. The molecule has 176 valence electrons. The Morgan fingerprint density at radius 3 is 2.55 bits per heavy atom. The normalized spacial score (nSPS) is 16.8. The van der Waals surface area contributed by atoms with Crippen molar-refractivity contribution in [1.82, 2.24) is 14.5 Å². The van der Waals surface area contributed by atoms with E-state index in [1.54, 1.807) is 6.07 Å². The summed E-state index contributed by atoms with van der Waals surface area (Å²) in [5, 5.41) is 6.25. The molecule has 2 amide bonds. The number of sulfonamides is 1. The summed E-state index contributed by atoms with van der Waals surface area (Å²) in [6.45, 7) is 8.31. The molecule has 0 aliphatic carbocycles. The Labute approximate surface area is 197 Å². The van der Waals surface area contributed by atoms with Gasteiger partial charge in [0.15, 0.2) is 0 Å². The molecule has 2 aromatic rings. The summed E-state index contributed by atoms with van der Waals surface area (Å²) in [5.74, 6) is -0.533. The first-order valence-electron chi connectivity index (χ1n) is 10.6. The Bertz CT molecular complexity index is 1110. The molecule has 1 fully saturated rings. The molecule has 2 N–H and O–H groups in total. The number of hydrogen-bond acceptors (Lipinski definition) is 7. The smallest absolute Gasteiger partial charge is 0.251 e. The molecule has 0 atom stereocenters. The lowest BCUT2D eigenvalue weighted by Crippen LogP contribution is -2.41. The van der Waals surface area contributed by atoms with Gasteiger partial charge in [-0.25, -0.2) is 8.42 Å². The fourth-order valence-corrected chi connectivity index (χ4v) is 6.29. The number of fused-ring (bicyclic) bond motifs is 1. The SMILES string of the molecule is C=CC(=O)Nc1cc2c(s1)CN(S(=O)(=O)c1ccc(C(=O)NCCN3CCOCC3)cc1)C2. The molecular formula is C22H26N4O5S2. The van der Waals surface area contributed by atoms with Crippen LogP contribution >= 0.6 is 11.3 Å².